The van der Waals surface area contributed by atoms with Crippen molar-refractivity contribution in [3.05, 3.63) is 22.3 Å². The normalized spacial score (nSPS) is 14.2. The van der Waals surface area contributed by atoms with E-state index < -0.39 is 0 Å². The zero-order chi connectivity index (χ0) is 14.6. The average molecular weight is 260 g/mol. The van der Waals surface area contributed by atoms with Crippen molar-refractivity contribution in [3.63, 3.8) is 0 Å². The van der Waals surface area contributed by atoms with Crippen LogP contribution in [0.3, 0.4) is 0 Å². The van der Waals surface area contributed by atoms with Crippen LogP contribution in [0.5, 0.6) is 0 Å². The minimum absolute atomic E-state index is 0.115. The SMILES string of the molecule is C=c1/c(=C(/CC)N=CC)c(C)cn1C(C)(C)CCC. The molecule has 0 unspecified atom stereocenters. The van der Waals surface area contributed by atoms with Crippen LogP contribution in [0.25, 0.3) is 12.3 Å². The Labute approximate surface area is 117 Å². The smallest absolute Gasteiger partial charge is 0.0492 e. The van der Waals surface area contributed by atoms with Crippen molar-refractivity contribution in [1.82, 2.24) is 4.57 Å². The van der Waals surface area contributed by atoms with Crippen molar-refractivity contribution < 1.29 is 0 Å². The largest absolute Gasteiger partial charge is 0.342 e. The third-order valence-electron chi connectivity index (χ3n) is 3.72. The Hall–Kier alpha value is -1.31. The molecular formula is C17H28N2. The van der Waals surface area contributed by atoms with Crippen LogP contribution >= 0.6 is 0 Å². The first-order chi connectivity index (χ1) is 8.88. The summed E-state index contributed by atoms with van der Waals surface area (Å²) in [5.41, 5.74) is 2.52. The number of nitrogens with zero attached hydrogens (tertiary/aromatic N) is 2. The monoisotopic (exact) mass is 260 g/mol. The maximum Gasteiger partial charge on any atom is 0.0492 e. The molecule has 0 radical (unpaired) electrons. The second-order valence-electron chi connectivity index (χ2n) is 5.75. The molecule has 1 aromatic heterocycles. The Morgan fingerprint density at radius 3 is 2.53 bits per heavy atom. The van der Waals surface area contributed by atoms with Gasteiger partial charge in [-0.25, -0.2) is 0 Å². The average Bonchev–Trinajstić information content (AvgIpc) is 2.63. The van der Waals surface area contributed by atoms with Crippen LogP contribution in [0.1, 0.15) is 59.4 Å². The van der Waals surface area contributed by atoms with Gasteiger partial charge >= 0.3 is 0 Å². The third-order valence-corrected chi connectivity index (χ3v) is 3.72. The van der Waals surface area contributed by atoms with Gasteiger partial charge in [-0.15, -0.1) is 0 Å². The molecule has 0 aliphatic heterocycles. The van der Waals surface area contributed by atoms with Gasteiger partial charge in [-0.1, -0.05) is 26.8 Å². The molecule has 0 aliphatic carbocycles. The van der Waals surface area contributed by atoms with Crippen LogP contribution in [0.15, 0.2) is 11.2 Å². The summed E-state index contributed by atoms with van der Waals surface area (Å²) in [5, 5.41) is 2.32. The molecule has 0 saturated heterocycles. The molecule has 0 aliphatic rings. The van der Waals surface area contributed by atoms with Crippen molar-refractivity contribution in [2.75, 3.05) is 0 Å². The van der Waals surface area contributed by atoms with Crippen molar-refractivity contribution in [2.45, 2.75) is 66.3 Å². The quantitative estimate of drug-likeness (QED) is 0.722. The Bertz CT molecular complexity index is 559. The van der Waals surface area contributed by atoms with E-state index in [4.69, 9.17) is 0 Å². The second-order valence-corrected chi connectivity index (χ2v) is 5.75. The molecule has 19 heavy (non-hydrogen) atoms. The van der Waals surface area contributed by atoms with E-state index in [1.54, 1.807) is 0 Å². The molecule has 0 fully saturated rings. The highest BCUT2D eigenvalue weighted by molar-refractivity contribution is 5.63. The van der Waals surface area contributed by atoms with Crippen LogP contribution < -0.4 is 10.6 Å². The van der Waals surface area contributed by atoms with Crippen LogP contribution in [0.4, 0.5) is 0 Å². The van der Waals surface area contributed by atoms with Gasteiger partial charge in [-0.2, -0.15) is 0 Å². The second kappa shape index (κ2) is 6.23. The van der Waals surface area contributed by atoms with Gasteiger partial charge in [0.2, 0.25) is 0 Å². The lowest BCUT2D eigenvalue weighted by Crippen LogP contribution is -2.39. The molecule has 0 saturated carbocycles. The molecule has 1 rings (SSSR count). The van der Waals surface area contributed by atoms with E-state index in [9.17, 15) is 0 Å². The summed E-state index contributed by atoms with van der Waals surface area (Å²) in [6.45, 7) is 17.4. The molecule has 2 nitrogen and oxygen atoms in total. The van der Waals surface area contributed by atoms with Crippen LogP contribution in [-0.2, 0) is 5.54 Å². The molecule has 2 heteroatoms. The van der Waals surface area contributed by atoms with E-state index in [2.05, 4.69) is 57.0 Å². The Balaban J connectivity index is 3.58. The van der Waals surface area contributed by atoms with E-state index in [1.807, 2.05) is 13.1 Å². The molecule has 0 N–H and O–H groups in total. The molecule has 0 amide bonds. The molecule has 0 atom stereocenters. The summed E-state index contributed by atoms with van der Waals surface area (Å²) in [6.07, 6.45) is 7.37. The summed E-state index contributed by atoms with van der Waals surface area (Å²) < 4.78 is 2.32. The first-order valence-electron chi connectivity index (χ1n) is 7.28. The zero-order valence-electron chi connectivity index (χ0n) is 13.4. The number of aromatic nitrogens is 1. The van der Waals surface area contributed by atoms with E-state index >= 15 is 0 Å². The molecule has 106 valence electrons. The van der Waals surface area contributed by atoms with Gasteiger partial charge in [0, 0.05) is 34.2 Å². The summed E-state index contributed by atoms with van der Waals surface area (Å²) in [6, 6.07) is 0. The van der Waals surface area contributed by atoms with E-state index in [1.165, 1.54) is 17.2 Å². The van der Waals surface area contributed by atoms with Crippen molar-refractivity contribution in [1.29, 1.82) is 0 Å². The highest BCUT2D eigenvalue weighted by atomic mass is 15.0. The third kappa shape index (κ3) is 3.17. The molecule has 0 bridgehead atoms. The zero-order valence-corrected chi connectivity index (χ0v) is 13.4. The highest BCUT2D eigenvalue weighted by Crippen LogP contribution is 2.19. The molecule has 1 heterocycles. The Morgan fingerprint density at radius 2 is 2.05 bits per heavy atom. The number of hydrogen-bond acceptors (Lipinski definition) is 1. The minimum Gasteiger partial charge on any atom is -0.342 e. The fourth-order valence-corrected chi connectivity index (χ4v) is 2.84. The fraction of sp³-hybridized carbons (Fsp3) is 0.588. The maximum absolute atomic E-state index is 4.51. The van der Waals surface area contributed by atoms with Gasteiger partial charge < -0.3 is 4.57 Å². The van der Waals surface area contributed by atoms with Gasteiger partial charge in [0.15, 0.2) is 0 Å². The van der Waals surface area contributed by atoms with Crippen molar-refractivity contribution in [3.8, 4) is 0 Å². The van der Waals surface area contributed by atoms with Crippen LogP contribution in [-0.4, -0.2) is 10.8 Å². The van der Waals surface area contributed by atoms with Gasteiger partial charge in [0.25, 0.3) is 0 Å². The van der Waals surface area contributed by atoms with Gasteiger partial charge in [-0.3, -0.25) is 4.99 Å². The summed E-state index contributed by atoms with van der Waals surface area (Å²) in [4.78, 5) is 4.51. The number of hydrogen-bond donors (Lipinski definition) is 0. The maximum atomic E-state index is 4.51. The highest BCUT2D eigenvalue weighted by Gasteiger charge is 2.20. The number of aliphatic imine (C=N–C) groups is 1. The first kappa shape index (κ1) is 15.7. The van der Waals surface area contributed by atoms with Crippen LogP contribution in [0.2, 0.25) is 0 Å². The van der Waals surface area contributed by atoms with Gasteiger partial charge in [0.1, 0.15) is 0 Å². The standard InChI is InChI=1S/C17H28N2/c1-8-11-17(6,7)19-12-13(4)16(14(19)5)15(9-2)18-10-3/h10,12H,5,8-9,11H2,1-4,6-7H3/b16-15-,18-10?. The lowest BCUT2D eigenvalue weighted by Gasteiger charge is -2.27. The Morgan fingerprint density at radius 1 is 1.42 bits per heavy atom. The molecule has 0 aromatic carbocycles. The number of aryl methyl sites for hydroxylation is 1. The van der Waals surface area contributed by atoms with E-state index in [0.29, 0.717) is 0 Å². The van der Waals surface area contributed by atoms with Gasteiger partial charge in [-0.05, 0) is 46.1 Å². The van der Waals surface area contributed by atoms with Gasteiger partial charge in [0.05, 0.1) is 0 Å². The molecule has 1 aromatic rings. The molecule has 0 spiro atoms. The fourth-order valence-electron chi connectivity index (χ4n) is 2.84. The van der Waals surface area contributed by atoms with E-state index in [-0.39, 0.29) is 5.54 Å². The van der Waals surface area contributed by atoms with Crippen molar-refractivity contribution in [2.24, 2.45) is 4.99 Å². The Kier molecular flexibility index (Phi) is 5.16. The summed E-state index contributed by atoms with van der Waals surface area (Å²) >= 11 is 0. The topological polar surface area (TPSA) is 17.3 Å². The lowest BCUT2D eigenvalue weighted by molar-refractivity contribution is 0.318. The lowest BCUT2D eigenvalue weighted by atomic mass is 9.99. The minimum atomic E-state index is 0.115. The first-order valence-corrected chi connectivity index (χ1v) is 7.28. The predicted octanol–water partition coefficient (Wildman–Crippen LogP) is 3.35. The summed E-state index contributed by atoms with van der Waals surface area (Å²) in [7, 11) is 0. The molecular weight excluding hydrogens is 232 g/mol. The van der Waals surface area contributed by atoms with Crippen LogP contribution in [0, 0.1) is 6.92 Å². The summed E-state index contributed by atoms with van der Waals surface area (Å²) in [5.74, 6) is 0. The number of rotatable bonds is 5. The predicted molar refractivity (Wildman–Crippen MR) is 86.0 cm³/mol. The van der Waals surface area contributed by atoms with E-state index in [0.717, 1.165) is 23.9 Å². The van der Waals surface area contributed by atoms with Crippen molar-refractivity contribution >= 4 is 18.5 Å².